The molecule has 0 aromatic carbocycles. The van der Waals surface area contributed by atoms with Crippen molar-refractivity contribution in [3.63, 3.8) is 0 Å². The Labute approximate surface area is 323 Å². The van der Waals surface area contributed by atoms with Crippen LogP contribution < -0.4 is 0 Å². The molecule has 0 aliphatic rings. The van der Waals surface area contributed by atoms with E-state index in [1.165, 1.54) is 128 Å². The van der Waals surface area contributed by atoms with Crippen LogP contribution in [0.5, 0.6) is 0 Å². The molecule has 0 saturated carbocycles. The minimum absolute atomic E-state index is 0.0806. The molecule has 0 fully saturated rings. The minimum Gasteiger partial charge on any atom is -0.462 e. The van der Waals surface area contributed by atoms with Gasteiger partial charge in [-0.2, -0.15) is 0 Å². The number of rotatable bonds is 41. The van der Waals surface area contributed by atoms with Crippen LogP contribution >= 0.6 is 0 Å². The predicted octanol–water partition coefficient (Wildman–Crippen LogP) is 14.7. The van der Waals surface area contributed by atoms with Gasteiger partial charge in [-0.15, -0.1) is 0 Å². The van der Waals surface area contributed by atoms with Crippen LogP contribution in [-0.4, -0.2) is 37.9 Å². The summed E-state index contributed by atoms with van der Waals surface area (Å²) in [5, 5.41) is 0. The van der Waals surface area contributed by atoms with Crippen LogP contribution in [0.2, 0.25) is 0 Å². The Morgan fingerprint density at radius 1 is 0.442 bits per heavy atom. The lowest BCUT2D eigenvalue weighted by Crippen LogP contribution is -2.30. The number of allylic oxidation sites excluding steroid dienone is 6. The van der Waals surface area contributed by atoms with Crippen LogP contribution in [-0.2, 0) is 23.8 Å². The summed E-state index contributed by atoms with van der Waals surface area (Å²) in [5.74, 6) is -0.415. The van der Waals surface area contributed by atoms with Crippen molar-refractivity contribution in [3.05, 3.63) is 36.5 Å². The van der Waals surface area contributed by atoms with Crippen molar-refractivity contribution >= 4 is 11.9 Å². The molecule has 0 heterocycles. The van der Waals surface area contributed by atoms with Crippen LogP contribution in [0.1, 0.15) is 226 Å². The third kappa shape index (κ3) is 40.9. The maximum absolute atomic E-state index is 12.6. The Morgan fingerprint density at radius 3 is 1.38 bits per heavy atom. The summed E-state index contributed by atoms with van der Waals surface area (Å²) in [4.78, 5) is 25.1. The molecule has 0 rings (SSSR count). The van der Waals surface area contributed by atoms with Gasteiger partial charge in [0.05, 0.1) is 6.61 Å². The fourth-order valence-corrected chi connectivity index (χ4v) is 6.35. The first-order chi connectivity index (χ1) is 25.6. The molecular weight excluding hydrogens is 645 g/mol. The molecule has 1 atom stereocenters. The van der Waals surface area contributed by atoms with Gasteiger partial charge >= 0.3 is 11.9 Å². The molecule has 0 bridgehead atoms. The lowest BCUT2D eigenvalue weighted by molar-refractivity contribution is -0.163. The van der Waals surface area contributed by atoms with E-state index < -0.39 is 6.10 Å². The summed E-state index contributed by atoms with van der Waals surface area (Å²) in [6.07, 6.45) is 50.1. The molecular formula is C47H86O5. The lowest BCUT2D eigenvalue weighted by Gasteiger charge is -2.18. The number of hydrogen-bond donors (Lipinski definition) is 0. The van der Waals surface area contributed by atoms with Gasteiger partial charge in [0.1, 0.15) is 6.61 Å². The Hall–Kier alpha value is -1.88. The lowest BCUT2D eigenvalue weighted by atomic mass is 10.0. The molecule has 0 amide bonds. The third-order valence-electron chi connectivity index (χ3n) is 9.69. The van der Waals surface area contributed by atoms with E-state index in [-0.39, 0.29) is 25.2 Å². The van der Waals surface area contributed by atoms with Crippen molar-refractivity contribution in [3.8, 4) is 0 Å². The number of carbonyl (C=O) groups excluding carboxylic acids is 2. The number of unbranched alkanes of at least 4 members (excludes halogenated alkanes) is 24. The van der Waals surface area contributed by atoms with Gasteiger partial charge in [-0.05, 0) is 51.4 Å². The van der Waals surface area contributed by atoms with Gasteiger partial charge < -0.3 is 14.2 Å². The summed E-state index contributed by atoms with van der Waals surface area (Å²) in [6.45, 7) is 7.69. The second kappa shape index (κ2) is 43.5. The molecule has 0 aromatic heterocycles. The van der Waals surface area contributed by atoms with E-state index in [1.807, 2.05) is 0 Å². The highest BCUT2D eigenvalue weighted by Gasteiger charge is 2.17. The van der Waals surface area contributed by atoms with Crippen LogP contribution in [0.4, 0.5) is 0 Å². The zero-order chi connectivity index (χ0) is 37.8. The molecule has 0 aromatic rings. The van der Waals surface area contributed by atoms with Crippen molar-refractivity contribution in [2.75, 3.05) is 19.8 Å². The van der Waals surface area contributed by atoms with E-state index in [0.717, 1.165) is 64.2 Å². The van der Waals surface area contributed by atoms with Crippen molar-refractivity contribution in [1.82, 2.24) is 0 Å². The van der Waals surface area contributed by atoms with Crippen molar-refractivity contribution in [2.45, 2.75) is 232 Å². The summed E-state index contributed by atoms with van der Waals surface area (Å²) >= 11 is 0. The van der Waals surface area contributed by atoms with E-state index >= 15 is 0 Å². The molecule has 0 N–H and O–H groups in total. The first kappa shape index (κ1) is 50.1. The van der Waals surface area contributed by atoms with Crippen molar-refractivity contribution in [1.29, 1.82) is 0 Å². The quantitative estimate of drug-likeness (QED) is 0.0356. The highest BCUT2D eigenvalue weighted by Crippen LogP contribution is 2.14. The summed E-state index contributed by atoms with van der Waals surface area (Å²) in [6, 6.07) is 0. The average Bonchev–Trinajstić information content (AvgIpc) is 3.14. The minimum atomic E-state index is -0.533. The number of esters is 2. The van der Waals surface area contributed by atoms with Gasteiger partial charge in [0, 0.05) is 19.4 Å². The highest BCUT2D eigenvalue weighted by atomic mass is 16.6. The molecule has 5 heteroatoms. The maximum atomic E-state index is 12.6. The van der Waals surface area contributed by atoms with E-state index in [9.17, 15) is 9.59 Å². The summed E-state index contributed by atoms with van der Waals surface area (Å²) < 4.78 is 17.2. The molecule has 304 valence electrons. The predicted molar refractivity (Wildman–Crippen MR) is 224 cm³/mol. The molecule has 1 unspecified atom stereocenters. The Balaban J connectivity index is 4.16. The number of hydrogen-bond acceptors (Lipinski definition) is 5. The Morgan fingerprint density at radius 2 is 0.865 bits per heavy atom. The topological polar surface area (TPSA) is 61.8 Å². The zero-order valence-electron chi connectivity index (χ0n) is 34.8. The molecule has 0 saturated heterocycles. The van der Waals surface area contributed by atoms with Gasteiger partial charge in [-0.3, -0.25) is 9.59 Å². The fraction of sp³-hybridized carbons (Fsp3) is 0.830. The number of carbonyl (C=O) groups is 2. The summed E-state index contributed by atoms with van der Waals surface area (Å²) in [5.41, 5.74) is 0. The second-order valence-electron chi connectivity index (χ2n) is 14.9. The monoisotopic (exact) mass is 731 g/mol. The van der Waals surface area contributed by atoms with Crippen LogP contribution in [0, 0.1) is 0 Å². The average molecular weight is 731 g/mol. The van der Waals surface area contributed by atoms with Crippen LogP contribution in [0.15, 0.2) is 36.5 Å². The maximum Gasteiger partial charge on any atom is 0.306 e. The van der Waals surface area contributed by atoms with Gasteiger partial charge in [-0.25, -0.2) is 0 Å². The molecule has 0 aliphatic carbocycles. The van der Waals surface area contributed by atoms with Crippen molar-refractivity contribution in [2.24, 2.45) is 0 Å². The van der Waals surface area contributed by atoms with Gasteiger partial charge in [0.15, 0.2) is 6.10 Å². The molecule has 0 radical (unpaired) electrons. The first-order valence-corrected chi connectivity index (χ1v) is 22.5. The Kier molecular flexibility index (Phi) is 42.0. The first-order valence-electron chi connectivity index (χ1n) is 22.5. The Bertz CT molecular complexity index is 832. The highest BCUT2D eigenvalue weighted by molar-refractivity contribution is 5.70. The summed E-state index contributed by atoms with van der Waals surface area (Å²) in [7, 11) is 0. The fourth-order valence-electron chi connectivity index (χ4n) is 6.35. The third-order valence-corrected chi connectivity index (χ3v) is 9.69. The van der Waals surface area contributed by atoms with E-state index in [4.69, 9.17) is 14.2 Å². The van der Waals surface area contributed by atoms with Crippen molar-refractivity contribution < 1.29 is 23.8 Å². The van der Waals surface area contributed by atoms with E-state index in [2.05, 4.69) is 57.2 Å². The normalized spacial score (nSPS) is 12.4. The standard InChI is InChI=1S/C47H86O5/c1-4-7-10-13-16-18-20-22-24-25-27-29-32-34-37-40-46(48)51-44-45(52-47(49)41-38-35-31-15-12-9-6-3)43-50-42-39-36-33-30-28-26-23-21-19-17-14-11-8-5-2/h7,10,16,18,22,24,45H,4-6,8-9,11-15,17,19-21,23,25-44H2,1-3H3/b10-7-,18-16-,24-22-. The molecule has 0 aliphatic heterocycles. The molecule has 52 heavy (non-hydrogen) atoms. The number of ether oxygens (including phenoxy) is 3. The van der Waals surface area contributed by atoms with Gasteiger partial charge in [-0.1, -0.05) is 198 Å². The van der Waals surface area contributed by atoms with Gasteiger partial charge in [0.25, 0.3) is 0 Å². The SMILES string of the molecule is CC/C=C\C/C=C\C/C=C\CCCCCCCC(=O)OCC(COCCCCCCCCCCCCCCCC)OC(=O)CCCCCCCCC. The van der Waals surface area contributed by atoms with Crippen LogP contribution in [0.3, 0.4) is 0 Å². The largest absolute Gasteiger partial charge is 0.462 e. The van der Waals surface area contributed by atoms with E-state index in [0.29, 0.717) is 19.4 Å². The molecule has 0 spiro atoms. The zero-order valence-corrected chi connectivity index (χ0v) is 34.8. The molecule has 5 nitrogen and oxygen atoms in total. The van der Waals surface area contributed by atoms with Crippen LogP contribution in [0.25, 0.3) is 0 Å². The van der Waals surface area contributed by atoms with Gasteiger partial charge in [0.2, 0.25) is 0 Å². The smallest absolute Gasteiger partial charge is 0.306 e. The second-order valence-corrected chi connectivity index (χ2v) is 14.9. The van der Waals surface area contributed by atoms with E-state index in [1.54, 1.807) is 0 Å².